The third-order valence-electron chi connectivity index (χ3n) is 2.73. The van der Waals surface area contributed by atoms with Crippen LogP contribution in [-0.4, -0.2) is 5.11 Å². The van der Waals surface area contributed by atoms with Gasteiger partial charge in [-0.15, -0.1) is 6.58 Å². The lowest BCUT2D eigenvalue weighted by Crippen LogP contribution is -2.00. The van der Waals surface area contributed by atoms with Crippen LogP contribution in [0.25, 0.3) is 11.1 Å². The maximum absolute atomic E-state index is 14.4. The van der Waals surface area contributed by atoms with Gasteiger partial charge in [0, 0.05) is 15.6 Å². The average Bonchev–Trinajstić information content (AvgIpc) is 2.39. The van der Waals surface area contributed by atoms with E-state index in [1.807, 2.05) is 30.3 Å². The zero-order valence-electron chi connectivity index (χ0n) is 9.61. The molecule has 2 aromatic rings. The molecule has 1 unspecified atom stereocenters. The number of aliphatic hydroxyl groups excluding tert-OH is 1. The first-order chi connectivity index (χ1) is 8.65. The summed E-state index contributed by atoms with van der Waals surface area (Å²) in [6.45, 7) is 3.48. The maximum Gasteiger partial charge on any atom is 0.138 e. The van der Waals surface area contributed by atoms with Gasteiger partial charge in [0.05, 0.1) is 0 Å². The molecule has 92 valence electrons. The summed E-state index contributed by atoms with van der Waals surface area (Å²) in [6, 6.07) is 12.6. The standard InChI is InChI=1S/C15H12BrFO/c1-2-13(18)14-12(16)9-8-11(15(14)17)10-6-4-3-5-7-10/h2-9,13,18H,1H2. The normalized spacial score (nSPS) is 12.2. The lowest BCUT2D eigenvalue weighted by Gasteiger charge is -2.13. The largest absolute Gasteiger partial charge is 0.384 e. The molecular weight excluding hydrogens is 295 g/mol. The van der Waals surface area contributed by atoms with Crippen molar-refractivity contribution in [2.75, 3.05) is 0 Å². The summed E-state index contributed by atoms with van der Waals surface area (Å²) in [5.41, 5.74) is 1.46. The van der Waals surface area contributed by atoms with E-state index < -0.39 is 11.9 Å². The second kappa shape index (κ2) is 5.46. The Hall–Kier alpha value is -1.45. The van der Waals surface area contributed by atoms with E-state index in [2.05, 4.69) is 22.5 Å². The van der Waals surface area contributed by atoms with Gasteiger partial charge in [0.15, 0.2) is 0 Å². The van der Waals surface area contributed by atoms with E-state index in [1.165, 1.54) is 6.08 Å². The second-order valence-corrected chi connectivity index (χ2v) is 4.72. The van der Waals surface area contributed by atoms with Crippen molar-refractivity contribution in [2.24, 2.45) is 0 Å². The molecule has 0 spiro atoms. The van der Waals surface area contributed by atoms with Crippen LogP contribution < -0.4 is 0 Å². The minimum Gasteiger partial charge on any atom is -0.384 e. The van der Waals surface area contributed by atoms with Crippen LogP contribution >= 0.6 is 15.9 Å². The zero-order valence-corrected chi connectivity index (χ0v) is 11.2. The van der Waals surface area contributed by atoms with Crippen molar-refractivity contribution in [1.82, 2.24) is 0 Å². The van der Waals surface area contributed by atoms with E-state index in [0.717, 1.165) is 5.56 Å². The highest BCUT2D eigenvalue weighted by Crippen LogP contribution is 2.33. The molecule has 0 radical (unpaired) electrons. The molecule has 18 heavy (non-hydrogen) atoms. The highest BCUT2D eigenvalue weighted by molar-refractivity contribution is 9.10. The van der Waals surface area contributed by atoms with Crippen molar-refractivity contribution >= 4 is 15.9 Å². The van der Waals surface area contributed by atoms with E-state index in [9.17, 15) is 9.50 Å². The number of hydrogen-bond donors (Lipinski definition) is 1. The van der Waals surface area contributed by atoms with Crippen LogP contribution in [0.4, 0.5) is 4.39 Å². The first-order valence-corrected chi connectivity index (χ1v) is 6.28. The van der Waals surface area contributed by atoms with Crippen LogP contribution in [0.3, 0.4) is 0 Å². The molecule has 2 rings (SSSR count). The number of halogens is 2. The molecular formula is C15H12BrFO. The summed E-state index contributed by atoms with van der Waals surface area (Å²) in [5, 5.41) is 9.77. The summed E-state index contributed by atoms with van der Waals surface area (Å²) < 4.78 is 15.0. The molecule has 2 aromatic carbocycles. The smallest absolute Gasteiger partial charge is 0.138 e. The first kappa shape index (κ1) is 13.0. The molecule has 0 saturated heterocycles. The lowest BCUT2D eigenvalue weighted by molar-refractivity contribution is 0.223. The summed E-state index contributed by atoms with van der Waals surface area (Å²) in [7, 11) is 0. The molecule has 0 saturated carbocycles. The Kier molecular flexibility index (Phi) is 3.94. The van der Waals surface area contributed by atoms with Crippen LogP contribution in [0.2, 0.25) is 0 Å². The predicted molar refractivity (Wildman–Crippen MR) is 74.7 cm³/mol. The summed E-state index contributed by atoms with van der Waals surface area (Å²) in [4.78, 5) is 0. The Labute approximate surface area is 114 Å². The van der Waals surface area contributed by atoms with Gasteiger partial charge in [-0.25, -0.2) is 4.39 Å². The third-order valence-corrected chi connectivity index (χ3v) is 3.42. The molecule has 0 amide bonds. The van der Waals surface area contributed by atoms with Crippen LogP contribution in [0, 0.1) is 5.82 Å². The van der Waals surface area contributed by atoms with Crippen molar-refractivity contribution in [3.63, 3.8) is 0 Å². The van der Waals surface area contributed by atoms with Crippen molar-refractivity contribution in [3.05, 3.63) is 71.0 Å². The molecule has 0 aliphatic carbocycles. The Morgan fingerprint density at radius 1 is 1.17 bits per heavy atom. The van der Waals surface area contributed by atoms with Crippen molar-refractivity contribution in [3.8, 4) is 11.1 Å². The molecule has 0 aliphatic rings. The molecule has 0 aliphatic heterocycles. The van der Waals surface area contributed by atoms with Gasteiger partial charge >= 0.3 is 0 Å². The Morgan fingerprint density at radius 2 is 1.83 bits per heavy atom. The molecule has 0 bridgehead atoms. The number of rotatable bonds is 3. The number of aliphatic hydroxyl groups is 1. The summed E-state index contributed by atoms with van der Waals surface area (Å²) in [6.07, 6.45) is 0.279. The highest BCUT2D eigenvalue weighted by atomic mass is 79.9. The van der Waals surface area contributed by atoms with Gasteiger partial charge in [-0.2, -0.15) is 0 Å². The average molecular weight is 307 g/mol. The molecule has 0 aromatic heterocycles. The summed E-state index contributed by atoms with van der Waals surface area (Å²) >= 11 is 3.25. The monoisotopic (exact) mass is 306 g/mol. The highest BCUT2D eigenvalue weighted by Gasteiger charge is 2.17. The zero-order chi connectivity index (χ0) is 13.1. The van der Waals surface area contributed by atoms with Crippen LogP contribution in [-0.2, 0) is 0 Å². The summed E-state index contributed by atoms with van der Waals surface area (Å²) in [5.74, 6) is -0.428. The number of hydrogen-bond acceptors (Lipinski definition) is 1. The molecule has 3 heteroatoms. The predicted octanol–water partition coefficient (Wildman–Crippen LogP) is 4.47. The van der Waals surface area contributed by atoms with E-state index >= 15 is 0 Å². The Morgan fingerprint density at radius 3 is 2.44 bits per heavy atom. The van der Waals surface area contributed by atoms with Gasteiger partial charge in [-0.3, -0.25) is 0 Å². The topological polar surface area (TPSA) is 20.2 Å². The van der Waals surface area contributed by atoms with Gasteiger partial charge in [0.2, 0.25) is 0 Å². The molecule has 0 heterocycles. The fraction of sp³-hybridized carbons (Fsp3) is 0.0667. The van der Waals surface area contributed by atoms with Crippen molar-refractivity contribution in [2.45, 2.75) is 6.10 Å². The van der Waals surface area contributed by atoms with E-state index in [0.29, 0.717) is 10.0 Å². The van der Waals surface area contributed by atoms with Gasteiger partial charge in [-0.05, 0) is 11.6 Å². The quantitative estimate of drug-likeness (QED) is 0.829. The Bertz CT molecular complexity index is 566. The minimum atomic E-state index is -1.02. The van der Waals surface area contributed by atoms with Gasteiger partial charge in [-0.1, -0.05) is 58.4 Å². The molecule has 1 N–H and O–H groups in total. The van der Waals surface area contributed by atoms with Crippen LogP contribution in [0.15, 0.2) is 59.6 Å². The lowest BCUT2D eigenvalue weighted by atomic mass is 9.99. The fourth-order valence-electron chi connectivity index (χ4n) is 1.80. The molecule has 1 atom stereocenters. The van der Waals surface area contributed by atoms with Crippen LogP contribution in [0.5, 0.6) is 0 Å². The first-order valence-electron chi connectivity index (χ1n) is 5.49. The third kappa shape index (κ3) is 2.37. The van der Waals surface area contributed by atoms with Gasteiger partial charge in [0.25, 0.3) is 0 Å². The second-order valence-electron chi connectivity index (χ2n) is 3.87. The fourth-order valence-corrected chi connectivity index (χ4v) is 2.34. The number of benzene rings is 2. The van der Waals surface area contributed by atoms with E-state index in [4.69, 9.17) is 0 Å². The Balaban J connectivity index is 2.62. The maximum atomic E-state index is 14.4. The SMILES string of the molecule is C=CC(O)c1c(Br)ccc(-c2ccccc2)c1F. The molecule has 1 nitrogen and oxygen atoms in total. The van der Waals surface area contributed by atoms with Crippen LogP contribution in [0.1, 0.15) is 11.7 Å². The molecule has 0 fully saturated rings. The van der Waals surface area contributed by atoms with E-state index in [1.54, 1.807) is 12.1 Å². The van der Waals surface area contributed by atoms with Gasteiger partial charge in [0.1, 0.15) is 11.9 Å². The van der Waals surface area contributed by atoms with Gasteiger partial charge < -0.3 is 5.11 Å². The van der Waals surface area contributed by atoms with Crippen molar-refractivity contribution in [1.29, 1.82) is 0 Å². The van der Waals surface area contributed by atoms with E-state index in [-0.39, 0.29) is 5.56 Å². The minimum absolute atomic E-state index is 0.214. The van der Waals surface area contributed by atoms with Crippen molar-refractivity contribution < 1.29 is 9.50 Å².